The number of aliphatic hydroxyl groups excluding tert-OH is 1. The number of aliphatic hydroxyl groups is 1. The summed E-state index contributed by atoms with van der Waals surface area (Å²) in [6.45, 7) is 6.48. The normalized spacial score (nSPS) is 9.93. The van der Waals surface area contributed by atoms with Gasteiger partial charge in [0, 0.05) is 19.8 Å². The molecule has 0 bridgehead atoms. The van der Waals surface area contributed by atoms with Gasteiger partial charge < -0.3 is 10.0 Å². The van der Waals surface area contributed by atoms with Crippen LogP contribution in [0.3, 0.4) is 0 Å². The molecule has 0 aliphatic carbocycles. The van der Waals surface area contributed by atoms with Gasteiger partial charge in [0.2, 0.25) is 0 Å². The number of rotatable bonds is 4. The van der Waals surface area contributed by atoms with Crippen LogP contribution < -0.4 is 4.90 Å². The minimum atomic E-state index is 0.0410. The van der Waals surface area contributed by atoms with Gasteiger partial charge in [0.05, 0.1) is 6.61 Å². The highest BCUT2D eigenvalue weighted by Crippen LogP contribution is 2.16. The zero-order valence-electron chi connectivity index (χ0n) is 8.70. The molecule has 1 aromatic heterocycles. The molecule has 0 amide bonds. The van der Waals surface area contributed by atoms with Crippen molar-refractivity contribution >= 4 is 5.82 Å². The van der Waals surface area contributed by atoms with Crippen molar-refractivity contribution in [3.63, 3.8) is 0 Å². The summed E-state index contributed by atoms with van der Waals surface area (Å²) in [5, 5.41) is 8.93. The van der Waals surface area contributed by atoms with Gasteiger partial charge in [-0.05, 0) is 24.1 Å². The number of aryl methyl sites for hydroxylation is 1. The SMILES string of the molecule is C=CCN(C)c1ncc(CO)cc1C. The fraction of sp³-hybridized carbons (Fsp3) is 0.364. The van der Waals surface area contributed by atoms with Crippen LogP contribution in [-0.4, -0.2) is 23.7 Å². The maximum Gasteiger partial charge on any atom is 0.131 e. The number of aromatic nitrogens is 1. The van der Waals surface area contributed by atoms with Crippen LogP contribution in [0.15, 0.2) is 24.9 Å². The second kappa shape index (κ2) is 4.77. The number of pyridine rings is 1. The molecule has 3 heteroatoms. The quantitative estimate of drug-likeness (QED) is 0.734. The van der Waals surface area contributed by atoms with E-state index in [2.05, 4.69) is 11.6 Å². The van der Waals surface area contributed by atoms with Crippen molar-refractivity contribution in [1.82, 2.24) is 4.98 Å². The molecule has 0 aliphatic heterocycles. The molecule has 76 valence electrons. The second-order valence-electron chi connectivity index (χ2n) is 3.31. The molecule has 0 saturated carbocycles. The minimum Gasteiger partial charge on any atom is -0.392 e. The van der Waals surface area contributed by atoms with E-state index >= 15 is 0 Å². The molecule has 1 aromatic rings. The van der Waals surface area contributed by atoms with Crippen LogP contribution in [0.1, 0.15) is 11.1 Å². The van der Waals surface area contributed by atoms with Crippen molar-refractivity contribution in [2.75, 3.05) is 18.5 Å². The summed E-state index contributed by atoms with van der Waals surface area (Å²) in [4.78, 5) is 6.30. The Bertz CT molecular complexity index is 323. The molecule has 0 aromatic carbocycles. The van der Waals surface area contributed by atoms with Gasteiger partial charge in [0.1, 0.15) is 5.82 Å². The molecule has 3 nitrogen and oxygen atoms in total. The van der Waals surface area contributed by atoms with Gasteiger partial charge in [-0.2, -0.15) is 0 Å². The van der Waals surface area contributed by atoms with Gasteiger partial charge in [-0.3, -0.25) is 0 Å². The topological polar surface area (TPSA) is 36.4 Å². The first-order chi connectivity index (χ1) is 6.69. The Morgan fingerprint density at radius 3 is 2.86 bits per heavy atom. The van der Waals surface area contributed by atoms with E-state index in [1.807, 2.05) is 31.0 Å². The smallest absolute Gasteiger partial charge is 0.131 e. The van der Waals surface area contributed by atoms with Gasteiger partial charge in [-0.15, -0.1) is 6.58 Å². The van der Waals surface area contributed by atoms with Gasteiger partial charge in [-0.25, -0.2) is 4.98 Å². The number of hydrogen-bond acceptors (Lipinski definition) is 3. The molecule has 1 heterocycles. The van der Waals surface area contributed by atoms with Crippen molar-refractivity contribution in [1.29, 1.82) is 0 Å². The van der Waals surface area contributed by atoms with Crippen LogP contribution in [0.4, 0.5) is 5.82 Å². The molecule has 14 heavy (non-hydrogen) atoms. The zero-order valence-corrected chi connectivity index (χ0v) is 8.70. The van der Waals surface area contributed by atoms with Gasteiger partial charge in [0.15, 0.2) is 0 Å². The van der Waals surface area contributed by atoms with Crippen LogP contribution in [0, 0.1) is 6.92 Å². The van der Waals surface area contributed by atoms with E-state index in [9.17, 15) is 0 Å². The van der Waals surface area contributed by atoms with E-state index in [0.29, 0.717) is 0 Å². The standard InChI is InChI=1S/C11H16N2O/c1-4-5-13(3)11-9(2)6-10(8-14)7-12-11/h4,6-7,14H,1,5,8H2,2-3H3. The maximum absolute atomic E-state index is 8.93. The van der Waals surface area contributed by atoms with E-state index in [1.54, 1.807) is 6.20 Å². The lowest BCUT2D eigenvalue weighted by Gasteiger charge is -2.18. The number of hydrogen-bond donors (Lipinski definition) is 1. The highest BCUT2D eigenvalue weighted by Gasteiger charge is 2.04. The van der Waals surface area contributed by atoms with Gasteiger partial charge in [0.25, 0.3) is 0 Å². The third-order valence-corrected chi connectivity index (χ3v) is 2.05. The lowest BCUT2D eigenvalue weighted by atomic mass is 10.2. The van der Waals surface area contributed by atoms with Crippen LogP contribution in [-0.2, 0) is 6.61 Å². The molecule has 0 aliphatic rings. The Balaban J connectivity index is 2.93. The average Bonchev–Trinajstić information content (AvgIpc) is 2.17. The fourth-order valence-electron chi connectivity index (χ4n) is 1.39. The van der Waals surface area contributed by atoms with E-state index in [4.69, 9.17) is 5.11 Å². The first-order valence-corrected chi connectivity index (χ1v) is 4.57. The summed E-state index contributed by atoms with van der Waals surface area (Å²) >= 11 is 0. The van der Waals surface area contributed by atoms with Crippen molar-refractivity contribution in [2.24, 2.45) is 0 Å². The third kappa shape index (κ3) is 2.33. The van der Waals surface area contributed by atoms with Crippen molar-refractivity contribution in [2.45, 2.75) is 13.5 Å². The molecular weight excluding hydrogens is 176 g/mol. The first kappa shape index (κ1) is 10.7. The van der Waals surface area contributed by atoms with Crippen LogP contribution in [0.2, 0.25) is 0 Å². The van der Waals surface area contributed by atoms with Gasteiger partial charge >= 0.3 is 0 Å². The molecular formula is C11H16N2O. The lowest BCUT2D eigenvalue weighted by molar-refractivity contribution is 0.281. The summed E-state index contributed by atoms with van der Waals surface area (Å²) in [6, 6.07) is 1.95. The van der Waals surface area contributed by atoms with Crippen molar-refractivity contribution in [3.05, 3.63) is 36.0 Å². The number of nitrogens with zero attached hydrogens (tertiary/aromatic N) is 2. The predicted molar refractivity (Wildman–Crippen MR) is 58.4 cm³/mol. The summed E-state index contributed by atoms with van der Waals surface area (Å²) in [7, 11) is 1.97. The molecule has 0 spiro atoms. The Morgan fingerprint density at radius 1 is 1.64 bits per heavy atom. The lowest BCUT2D eigenvalue weighted by Crippen LogP contribution is -2.19. The van der Waals surface area contributed by atoms with E-state index in [1.165, 1.54) is 0 Å². The molecule has 1 N–H and O–H groups in total. The maximum atomic E-state index is 8.93. The summed E-state index contributed by atoms with van der Waals surface area (Å²) in [5.41, 5.74) is 1.92. The van der Waals surface area contributed by atoms with E-state index < -0.39 is 0 Å². The molecule has 0 radical (unpaired) electrons. The Kier molecular flexibility index (Phi) is 3.65. The van der Waals surface area contributed by atoms with Crippen molar-refractivity contribution < 1.29 is 5.11 Å². The molecule has 0 fully saturated rings. The number of likely N-dealkylation sites (N-methyl/N-ethyl adjacent to an activating group) is 1. The minimum absolute atomic E-state index is 0.0410. The fourth-order valence-corrected chi connectivity index (χ4v) is 1.39. The largest absolute Gasteiger partial charge is 0.392 e. The van der Waals surface area contributed by atoms with Gasteiger partial charge in [-0.1, -0.05) is 6.08 Å². The van der Waals surface area contributed by atoms with Crippen molar-refractivity contribution in [3.8, 4) is 0 Å². The Morgan fingerprint density at radius 2 is 2.36 bits per heavy atom. The average molecular weight is 192 g/mol. The third-order valence-electron chi connectivity index (χ3n) is 2.05. The summed E-state index contributed by atoms with van der Waals surface area (Å²) in [6.07, 6.45) is 3.53. The molecule has 0 atom stereocenters. The molecule has 0 saturated heterocycles. The van der Waals surface area contributed by atoms with E-state index in [0.717, 1.165) is 23.5 Å². The number of anilines is 1. The summed E-state index contributed by atoms with van der Waals surface area (Å²) < 4.78 is 0. The zero-order chi connectivity index (χ0) is 10.6. The highest BCUT2D eigenvalue weighted by atomic mass is 16.3. The summed E-state index contributed by atoms with van der Waals surface area (Å²) in [5.74, 6) is 0.933. The predicted octanol–water partition coefficient (Wildman–Crippen LogP) is 1.50. The monoisotopic (exact) mass is 192 g/mol. The Labute approximate surface area is 84.7 Å². The van der Waals surface area contributed by atoms with E-state index in [-0.39, 0.29) is 6.61 Å². The van der Waals surface area contributed by atoms with Crippen LogP contribution in [0.5, 0.6) is 0 Å². The first-order valence-electron chi connectivity index (χ1n) is 4.57. The molecule has 1 rings (SSSR count). The Hall–Kier alpha value is -1.35. The van der Waals surface area contributed by atoms with Crippen LogP contribution in [0.25, 0.3) is 0 Å². The second-order valence-corrected chi connectivity index (χ2v) is 3.31. The van der Waals surface area contributed by atoms with Crippen LogP contribution >= 0.6 is 0 Å². The molecule has 0 unspecified atom stereocenters. The highest BCUT2D eigenvalue weighted by molar-refractivity contribution is 5.46.